The van der Waals surface area contributed by atoms with Gasteiger partial charge in [-0.1, -0.05) is 55.5 Å². The molecule has 2 aromatic carbocycles. The molecule has 0 spiro atoms. The molecular formula is C18H21N. The summed E-state index contributed by atoms with van der Waals surface area (Å²) in [6.07, 6.45) is 3.62. The van der Waals surface area contributed by atoms with Crippen LogP contribution in [0.25, 0.3) is 0 Å². The standard InChI is InChI=1S/C18H21N/c1-14-11-17(12-14)19-18-10-6-5-9-16(18)13-15-7-3-2-4-8-15/h2-10,14,17,19H,11-13H2,1H3. The monoisotopic (exact) mass is 251 g/mol. The topological polar surface area (TPSA) is 12.0 Å². The Morgan fingerprint density at radius 1 is 0.947 bits per heavy atom. The number of nitrogens with one attached hydrogen (secondary N) is 1. The van der Waals surface area contributed by atoms with Gasteiger partial charge in [-0.05, 0) is 42.4 Å². The lowest BCUT2D eigenvalue weighted by molar-refractivity contribution is 0.309. The van der Waals surface area contributed by atoms with Gasteiger partial charge < -0.3 is 5.32 Å². The first-order valence-electron chi connectivity index (χ1n) is 7.19. The van der Waals surface area contributed by atoms with Gasteiger partial charge in [0.15, 0.2) is 0 Å². The van der Waals surface area contributed by atoms with Crippen molar-refractivity contribution in [2.24, 2.45) is 5.92 Å². The van der Waals surface area contributed by atoms with Crippen molar-refractivity contribution < 1.29 is 0 Å². The Bertz CT molecular complexity index is 526. The molecule has 3 rings (SSSR count). The molecule has 19 heavy (non-hydrogen) atoms. The molecule has 1 aliphatic rings. The normalized spacial score (nSPS) is 21.7. The minimum Gasteiger partial charge on any atom is -0.382 e. The van der Waals surface area contributed by atoms with E-state index in [-0.39, 0.29) is 0 Å². The minimum absolute atomic E-state index is 0.673. The Kier molecular flexibility index (Phi) is 3.54. The lowest BCUT2D eigenvalue weighted by Gasteiger charge is -2.34. The van der Waals surface area contributed by atoms with Gasteiger partial charge in [-0.3, -0.25) is 0 Å². The predicted molar refractivity (Wildman–Crippen MR) is 81.5 cm³/mol. The second-order valence-electron chi connectivity index (χ2n) is 5.74. The summed E-state index contributed by atoms with van der Waals surface area (Å²) in [6, 6.07) is 20.1. The molecular weight excluding hydrogens is 230 g/mol. The van der Waals surface area contributed by atoms with E-state index in [0.29, 0.717) is 6.04 Å². The third kappa shape index (κ3) is 2.98. The molecule has 0 aromatic heterocycles. The maximum Gasteiger partial charge on any atom is 0.0378 e. The summed E-state index contributed by atoms with van der Waals surface area (Å²) < 4.78 is 0. The molecule has 0 heterocycles. The van der Waals surface area contributed by atoms with E-state index in [4.69, 9.17) is 0 Å². The Morgan fingerprint density at radius 3 is 2.37 bits per heavy atom. The molecule has 0 radical (unpaired) electrons. The Hall–Kier alpha value is -1.76. The van der Waals surface area contributed by atoms with Crippen LogP contribution in [0.5, 0.6) is 0 Å². The van der Waals surface area contributed by atoms with E-state index in [2.05, 4.69) is 66.8 Å². The summed E-state index contributed by atoms with van der Waals surface area (Å²) in [4.78, 5) is 0. The second-order valence-corrected chi connectivity index (χ2v) is 5.74. The highest BCUT2D eigenvalue weighted by molar-refractivity contribution is 5.53. The number of benzene rings is 2. The fourth-order valence-corrected chi connectivity index (χ4v) is 2.87. The zero-order valence-corrected chi connectivity index (χ0v) is 11.5. The average Bonchev–Trinajstić information content (AvgIpc) is 2.40. The fraction of sp³-hybridized carbons (Fsp3) is 0.333. The molecule has 0 unspecified atom stereocenters. The van der Waals surface area contributed by atoms with E-state index in [1.807, 2.05) is 0 Å². The predicted octanol–water partition coefficient (Wildman–Crippen LogP) is 4.49. The van der Waals surface area contributed by atoms with Crippen LogP contribution in [0.3, 0.4) is 0 Å². The molecule has 0 atom stereocenters. The molecule has 1 fully saturated rings. The van der Waals surface area contributed by atoms with Gasteiger partial charge in [0.05, 0.1) is 0 Å². The van der Waals surface area contributed by atoms with Crippen LogP contribution >= 0.6 is 0 Å². The van der Waals surface area contributed by atoms with Gasteiger partial charge in [0, 0.05) is 11.7 Å². The summed E-state index contributed by atoms with van der Waals surface area (Å²) in [5.41, 5.74) is 4.08. The van der Waals surface area contributed by atoms with Gasteiger partial charge in [-0.2, -0.15) is 0 Å². The van der Waals surface area contributed by atoms with Crippen molar-refractivity contribution in [2.45, 2.75) is 32.2 Å². The van der Waals surface area contributed by atoms with Crippen molar-refractivity contribution in [1.82, 2.24) is 0 Å². The summed E-state index contributed by atoms with van der Waals surface area (Å²) in [7, 11) is 0. The fourth-order valence-electron chi connectivity index (χ4n) is 2.87. The first-order valence-corrected chi connectivity index (χ1v) is 7.19. The van der Waals surface area contributed by atoms with Crippen LogP contribution in [-0.2, 0) is 6.42 Å². The number of hydrogen-bond acceptors (Lipinski definition) is 1. The quantitative estimate of drug-likeness (QED) is 0.844. The first kappa shape index (κ1) is 12.3. The third-order valence-corrected chi connectivity index (χ3v) is 3.99. The first-order chi connectivity index (χ1) is 9.31. The summed E-state index contributed by atoms with van der Waals surface area (Å²) in [5.74, 6) is 0.888. The van der Waals surface area contributed by atoms with Crippen molar-refractivity contribution in [3.63, 3.8) is 0 Å². The third-order valence-electron chi connectivity index (χ3n) is 3.99. The molecule has 0 amide bonds. The average molecular weight is 251 g/mol. The van der Waals surface area contributed by atoms with Crippen LogP contribution in [-0.4, -0.2) is 6.04 Å². The molecule has 1 aliphatic carbocycles. The zero-order valence-electron chi connectivity index (χ0n) is 11.5. The van der Waals surface area contributed by atoms with E-state index in [1.165, 1.54) is 29.7 Å². The smallest absolute Gasteiger partial charge is 0.0378 e. The number of anilines is 1. The number of rotatable bonds is 4. The van der Waals surface area contributed by atoms with E-state index in [9.17, 15) is 0 Å². The summed E-state index contributed by atoms with van der Waals surface area (Å²) in [6.45, 7) is 2.33. The molecule has 98 valence electrons. The van der Waals surface area contributed by atoms with E-state index in [0.717, 1.165) is 12.3 Å². The second kappa shape index (κ2) is 5.48. The van der Waals surface area contributed by atoms with Crippen LogP contribution < -0.4 is 5.32 Å². The van der Waals surface area contributed by atoms with E-state index in [1.54, 1.807) is 0 Å². The molecule has 2 aromatic rings. The maximum absolute atomic E-state index is 3.70. The Balaban J connectivity index is 1.74. The molecule has 0 aliphatic heterocycles. The summed E-state index contributed by atoms with van der Waals surface area (Å²) in [5, 5.41) is 3.70. The van der Waals surface area contributed by atoms with E-state index >= 15 is 0 Å². The van der Waals surface area contributed by atoms with E-state index < -0.39 is 0 Å². The molecule has 1 saturated carbocycles. The van der Waals surface area contributed by atoms with Gasteiger partial charge in [-0.25, -0.2) is 0 Å². The molecule has 1 N–H and O–H groups in total. The SMILES string of the molecule is CC1CC(Nc2ccccc2Cc2ccccc2)C1. The number of para-hydroxylation sites is 1. The highest BCUT2D eigenvalue weighted by Gasteiger charge is 2.25. The lowest BCUT2D eigenvalue weighted by atomic mass is 9.81. The molecule has 1 nitrogen and oxygen atoms in total. The molecule has 0 bridgehead atoms. The van der Waals surface area contributed by atoms with Crippen molar-refractivity contribution >= 4 is 5.69 Å². The summed E-state index contributed by atoms with van der Waals surface area (Å²) >= 11 is 0. The van der Waals surface area contributed by atoms with Crippen LogP contribution in [0.1, 0.15) is 30.9 Å². The van der Waals surface area contributed by atoms with Crippen LogP contribution in [0, 0.1) is 5.92 Å². The highest BCUT2D eigenvalue weighted by atomic mass is 14.9. The van der Waals surface area contributed by atoms with Crippen LogP contribution in [0.15, 0.2) is 54.6 Å². The number of hydrogen-bond donors (Lipinski definition) is 1. The van der Waals surface area contributed by atoms with Gasteiger partial charge in [0.2, 0.25) is 0 Å². The molecule has 1 heteroatoms. The minimum atomic E-state index is 0.673. The maximum atomic E-state index is 3.70. The highest BCUT2D eigenvalue weighted by Crippen LogP contribution is 2.31. The Morgan fingerprint density at radius 2 is 1.63 bits per heavy atom. The zero-order chi connectivity index (χ0) is 13.1. The van der Waals surface area contributed by atoms with Gasteiger partial charge in [0.1, 0.15) is 0 Å². The van der Waals surface area contributed by atoms with Crippen molar-refractivity contribution in [3.05, 3.63) is 65.7 Å². The van der Waals surface area contributed by atoms with Crippen LogP contribution in [0.2, 0.25) is 0 Å². The van der Waals surface area contributed by atoms with Gasteiger partial charge in [0.25, 0.3) is 0 Å². The Labute approximate surface area is 115 Å². The lowest BCUT2D eigenvalue weighted by Crippen LogP contribution is -2.34. The van der Waals surface area contributed by atoms with Crippen molar-refractivity contribution in [2.75, 3.05) is 5.32 Å². The van der Waals surface area contributed by atoms with Crippen molar-refractivity contribution in [3.8, 4) is 0 Å². The van der Waals surface area contributed by atoms with Gasteiger partial charge in [-0.15, -0.1) is 0 Å². The largest absolute Gasteiger partial charge is 0.382 e. The van der Waals surface area contributed by atoms with Crippen LogP contribution in [0.4, 0.5) is 5.69 Å². The molecule has 0 saturated heterocycles. The van der Waals surface area contributed by atoms with Crippen molar-refractivity contribution in [1.29, 1.82) is 0 Å². The van der Waals surface area contributed by atoms with Gasteiger partial charge >= 0.3 is 0 Å².